The Bertz CT molecular complexity index is 893. The van der Waals surface area contributed by atoms with Gasteiger partial charge in [-0.3, -0.25) is 0 Å². The molecule has 1 aromatic carbocycles. The highest BCUT2D eigenvalue weighted by Gasteiger charge is 2.31. The second kappa shape index (κ2) is 7.15. The van der Waals surface area contributed by atoms with Crippen LogP contribution in [-0.4, -0.2) is 28.6 Å². The third kappa shape index (κ3) is 3.27. The first-order valence-electron chi connectivity index (χ1n) is 8.86. The Morgan fingerprint density at radius 1 is 1.23 bits per heavy atom. The van der Waals surface area contributed by atoms with Gasteiger partial charge in [0.05, 0.1) is 13.3 Å². The fraction of sp³-hybridized carbons (Fsp3) is 0.350. The molecule has 3 heterocycles. The molecule has 0 bridgehead atoms. The van der Waals surface area contributed by atoms with E-state index in [0.29, 0.717) is 6.42 Å². The maximum atomic E-state index is 6.10. The van der Waals surface area contributed by atoms with Crippen LogP contribution in [0.5, 0.6) is 5.75 Å². The Balaban J connectivity index is 1.55. The van der Waals surface area contributed by atoms with Gasteiger partial charge in [-0.15, -0.1) is 0 Å². The van der Waals surface area contributed by atoms with E-state index in [1.54, 1.807) is 13.4 Å². The minimum Gasteiger partial charge on any atom is -0.496 e. The van der Waals surface area contributed by atoms with Crippen molar-refractivity contribution in [1.29, 1.82) is 0 Å². The summed E-state index contributed by atoms with van der Waals surface area (Å²) in [6.45, 7) is 2.93. The number of ether oxygens (including phenoxy) is 1. The van der Waals surface area contributed by atoms with Crippen molar-refractivity contribution in [3.8, 4) is 5.75 Å². The molecule has 2 aromatic heterocycles. The van der Waals surface area contributed by atoms with Crippen LogP contribution < -0.4 is 9.64 Å². The normalized spacial score (nSPS) is 16.8. The molecular formula is C20H22N4O2. The minimum absolute atomic E-state index is 0.121. The minimum atomic E-state index is 0.121. The van der Waals surface area contributed by atoms with Crippen molar-refractivity contribution < 1.29 is 9.15 Å². The number of benzene rings is 1. The fourth-order valence-corrected chi connectivity index (χ4v) is 3.49. The Morgan fingerprint density at radius 2 is 2.12 bits per heavy atom. The number of hydrogen-bond donors (Lipinski definition) is 0. The van der Waals surface area contributed by atoms with Gasteiger partial charge in [-0.1, -0.05) is 18.2 Å². The Kier molecular flexibility index (Phi) is 4.56. The topological polar surface area (TPSA) is 64.3 Å². The predicted octanol–water partition coefficient (Wildman–Crippen LogP) is 3.71. The van der Waals surface area contributed by atoms with Crippen LogP contribution in [0.2, 0.25) is 0 Å². The molecular weight excluding hydrogens is 328 g/mol. The molecule has 1 aliphatic rings. The summed E-state index contributed by atoms with van der Waals surface area (Å²) in [5.41, 5.74) is 2.05. The second-order valence-electron chi connectivity index (χ2n) is 6.52. The van der Waals surface area contributed by atoms with E-state index in [1.807, 2.05) is 43.5 Å². The van der Waals surface area contributed by atoms with Crippen LogP contribution in [-0.2, 0) is 6.42 Å². The lowest BCUT2D eigenvalue weighted by molar-refractivity contribution is 0.403. The molecule has 1 aliphatic heterocycles. The fourth-order valence-electron chi connectivity index (χ4n) is 3.49. The monoisotopic (exact) mass is 350 g/mol. The molecule has 0 N–H and O–H groups in total. The summed E-state index contributed by atoms with van der Waals surface area (Å²) in [5.74, 6) is 3.40. The molecule has 0 amide bonds. The van der Waals surface area contributed by atoms with Crippen LogP contribution in [0.15, 0.2) is 47.3 Å². The average Bonchev–Trinajstić information content (AvgIpc) is 3.31. The Morgan fingerprint density at radius 3 is 2.96 bits per heavy atom. The molecule has 1 unspecified atom stereocenters. The maximum Gasteiger partial charge on any atom is 0.217 e. The van der Waals surface area contributed by atoms with E-state index in [2.05, 4.69) is 19.9 Å². The summed E-state index contributed by atoms with van der Waals surface area (Å²) in [6.07, 6.45) is 6.21. The first-order valence-corrected chi connectivity index (χ1v) is 8.86. The number of nitrogens with zero attached hydrogens (tertiary/aromatic N) is 4. The first-order chi connectivity index (χ1) is 12.7. The van der Waals surface area contributed by atoms with E-state index in [1.165, 1.54) is 0 Å². The molecule has 26 heavy (non-hydrogen) atoms. The van der Waals surface area contributed by atoms with Crippen LogP contribution in [0, 0.1) is 6.92 Å². The molecule has 0 saturated carbocycles. The lowest BCUT2D eigenvalue weighted by atomic mass is 10.1. The maximum absolute atomic E-state index is 6.10. The third-order valence-electron chi connectivity index (χ3n) is 4.75. The van der Waals surface area contributed by atoms with E-state index in [9.17, 15) is 0 Å². The summed E-state index contributed by atoms with van der Waals surface area (Å²) >= 11 is 0. The largest absolute Gasteiger partial charge is 0.496 e. The summed E-state index contributed by atoms with van der Waals surface area (Å²) < 4.78 is 11.5. The second-order valence-corrected chi connectivity index (χ2v) is 6.52. The summed E-state index contributed by atoms with van der Waals surface area (Å²) in [5, 5.41) is 0. The van der Waals surface area contributed by atoms with Crippen molar-refractivity contribution in [3.05, 3.63) is 65.8 Å². The van der Waals surface area contributed by atoms with Crippen LogP contribution in [0.4, 0.5) is 5.82 Å². The molecule has 0 spiro atoms. The van der Waals surface area contributed by atoms with Gasteiger partial charge >= 0.3 is 0 Å². The number of hydrogen-bond acceptors (Lipinski definition) is 6. The van der Waals surface area contributed by atoms with E-state index >= 15 is 0 Å². The van der Waals surface area contributed by atoms with Gasteiger partial charge in [0.2, 0.25) is 5.89 Å². The van der Waals surface area contributed by atoms with Gasteiger partial charge in [-0.05, 0) is 25.8 Å². The van der Waals surface area contributed by atoms with Crippen molar-refractivity contribution in [3.63, 3.8) is 0 Å². The van der Waals surface area contributed by atoms with Gasteiger partial charge in [-0.25, -0.2) is 15.0 Å². The molecule has 0 radical (unpaired) electrons. The number of aromatic nitrogens is 3. The first kappa shape index (κ1) is 16.6. The number of rotatable bonds is 5. The molecule has 3 aromatic rings. The standard InChI is InChI=1S/C20H22N4O2/c1-14-10-19(23-13-22-14)24-9-5-7-17(24)20-21-12-16(26-20)11-15-6-3-4-8-18(15)25-2/h3-4,6,8,10,12-13,17H,5,7,9,11H2,1-2H3. The van der Waals surface area contributed by atoms with Crippen LogP contribution >= 0.6 is 0 Å². The Hall–Kier alpha value is -2.89. The lowest BCUT2D eigenvalue weighted by Gasteiger charge is -2.23. The smallest absolute Gasteiger partial charge is 0.217 e. The molecule has 1 saturated heterocycles. The van der Waals surface area contributed by atoms with Gasteiger partial charge in [0.1, 0.15) is 29.7 Å². The van der Waals surface area contributed by atoms with E-state index in [0.717, 1.165) is 53.9 Å². The van der Waals surface area contributed by atoms with Crippen molar-refractivity contribution in [2.45, 2.75) is 32.2 Å². The average molecular weight is 350 g/mol. The third-order valence-corrected chi connectivity index (χ3v) is 4.75. The lowest BCUT2D eigenvalue weighted by Crippen LogP contribution is -2.23. The SMILES string of the molecule is COc1ccccc1Cc1cnc(C2CCCN2c2cc(C)ncn2)o1. The van der Waals surface area contributed by atoms with E-state index in [-0.39, 0.29) is 6.04 Å². The van der Waals surface area contributed by atoms with Crippen molar-refractivity contribution in [2.24, 2.45) is 0 Å². The van der Waals surface area contributed by atoms with Crippen molar-refractivity contribution >= 4 is 5.82 Å². The van der Waals surface area contributed by atoms with E-state index < -0.39 is 0 Å². The van der Waals surface area contributed by atoms with Crippen LogP contribution in [0.1, 0.15) is 41.8 Å². The molecule has 1 fully saturated rings. The predicted molar refractivity (Wildman–Crippen MR) is 98.4 cm³/mol. The molecule has 6 heteroatoms. The molecule has 134 valence electrons. The number of para-hydroxylation sites is 1. The highest BCUT2D eigenvalue weighted by atomic mass is 16.5. The number of aryl methyl sites for hydroxylation is 1. The zero-order valence-electron chi connectivity index (χ0n) is 15.1. The van der Waals surface area contributed by atoms with Gasteiger partial charge in [0.15, 0.2) is 0 Å². The Labute approximate surface area is 152 Å². The van der Waals surface area contributed by atoms with Crippen molar-refractivity contribution in [1.82, 2.24) is 15.0 Å². The summed E-state index contributed by atoms with van der Waals surface area (Å²) in [6, 6.07) is 10.1. The quantitative estimate of drug-likeness (QED) is 0.699. The van der Waals surface area contributed by atoms with E-state index in [4.69, 9.17) is 9.15 Å². The van der Waals surface area contributed by atoms with Gasteiger partial charge in [0, 0.05) is 30.3 Å². The van der Waals surface area contributed by atoms with Crippen LogP contribution in [0.25, 0.3) is 0 Å². The molecule has 0 aliphatic carbocycles. The van der Waals surface area contributed by atoms with Gasteiger partial charge in [-0.2, -0.15) is 0 Å². The summed E-state index contributed by atoms with van der Waals surface area (Å²) in [7, 11) is 1.69. The molecule has 1 atom stereocenters. The van der Waals surface area contributed by atoms with Crippen LogP contribution in [0.3, 0.4) is 0 Å². The molecule has 6 nitrogen and oxygen atoms in total. The van der Waals surface area contributed by atoms with Crippen molar-refractivity contribution in [2.75, 3.05) is 18.6 Å². The number of anilines is 1. The zero-order chi connectivity index (χ0) is 17.9. The highest BCUT2D eigenvalue weighted by molar-refractivity contribution is 5.42. The highest BCUT2D eigenvalue weighted by Crippen LogP contribution is 2.35. The van der Waals surface area contributed by atoms with Gasteiger partial charge in [0.25, 0.3) is 0 Å². The zero-order valence-corrected chi connectivity index (χ0v) is 15.1. The summed E-state index contributed by atoms with van der Waals surface area (Å²) in [4.78, 5) is 15.4. The van der Waals surface area contributed by atoms with Gasteiger partial charge < -0.3 is 14.1 Å². The number of methoxy groups -OCH3 is 1. The molecule has 4 rings (SSSR count). The number of oxazole rings is 1.